The van der Waals surface area contributed by atoms with E-state index in [4.69, 9.17) is 13.8 Å². The van der Waals surface area contributed by atoms with Crippen molar-refractivity contribution in [3.8, 4) is 11.5 Å². The van der Waals surface area contributed by atoms with Crippen molar-refractivity contribution in [2.75, 3.05) is 13.0 Å². The molecule has 1 aromatic carbocycles. The molecule has 2 rings (SSSR count). The lowest BCUT2D eigenvalue weighted by atomic mass is 10.3. The van der Waals surface area contributed by atoms with Crippen molar-refractivity contribution >= 4 is 7.60 Å². The molecule has 1 aliphatic heterocycles. The highest BCUT2D eigenvalue weighted by atomic mass is 31.2. The summed E-state index contributed by atoms with van der Waals surface area (Å²) in [6, 6.07) is 7.11. The van der Waals surface area contributed by atoms with Crippen LogP contribution in [0.5, 0.6) is 11.5 Å². The SMILES string of the molecule is CCO[P@]1(=O)COc2ccccc2O1. The van der Waals surface area contributed by atoms with E-state index in [2.05, 4.69) is 0 Å². The molecule has 14 heavy (non-hydrogen) atoms. The van der Waals surface area contributed by atoms with E-state index in [0.717, 1.165) is 0 Å². The maximum atomic E-state index is 11.8. The van der Waals surface area contributed by atoms with Crippen molar-refractivity contribution in [3.63, 3.8) is 0 Å². The number of fused-ring (bicyclic) bond motifs is 1. The van der Waals surface area contributed by atoms with Gasteiger partial charge in [0.1, 0.15) is 0 Å². The first-order valence-corrected chi connectivity index (χ1v) is 6.11. The molecule has 1 aromatic rings. The van der Waals surface area contributed by atoms with Crippen molar-refractivity contribution in [1.82, 2.24) is 0 Å². The van der Waals surface area contributed by atoms with Gasteiger partial charge >= 0.3 is 7.60 Å². The molecule has 0 bridgehead atoms. The quantitative estimate of drug-likeness (QED) is 0.710. The predicted molar refractivity (Wildman–Crippen MR) is 51.8 cm³/mol. The maximum absolute atomic E-state index is 11.8. The second-order valence-electron chi connectivity index (χ2n) is 2.84. The lowest BCUT2D eigenvalue weighted by Gasteiger charge is -2.25. The van der Waals surface area contributed by atoms with Crippen LogP contribution in [0.25, 0.3) is 0 Å². The third kappa shape index (κ3) is 1.76. The van der Waals surface area contributed by atoms with Crippen molar-refractivity contribution < 1.29 is 18.3 Å². The van der Waals surface area contributed by atoms with Gasteiger partial charge in [-0.2, -0.15) is 0 Å². The Bertz CT molecular complexity index is 377. The van der Waals surface area contributed by atoms with Gasteiger partial charge in [-0.05, 0) is 19.1 Å². The summed E-state index contributed by atoms with van der Waals surface area (Å²) in [5.41, 5.74) is 0. The second-order valence-corrected chi connectivity index (χ2v) is 4.76. The molecule has 0 aromatic heterocycles. The molecule has 4 nitrogen and oxygen atoms in total. The molecule has 1 aliphatic rings. The van der Waals surface area contributed by atoms with Crippen molar-refractivity contribution in [3.05, 3.63) is 24.3 Å². The normalized spacial score (nSPS) is 24.6. The average Bonchev–Trinajstić information content (AvgIpc) is 2.17. The van der Waals surface area contributed by atoms with Crippen LogP contribution in [-0.4, -0.2) is 13.0 Å². The molecule has 0 saturated carbocycles. The third-order valence-corrected chi connectivity index (χ3v) is 3.36. The fourth-order valence-electron chi connectivity index (χ4n) is 1.23. The maximum Gasteiger partial charge on any atom is 0.416 e. The Balaban J connectivity index is 2.25. The van der Waals surface area contributed by atoms with Crippen LogP contribution in [0.4, 0.5) is 0 Å². The first-order chi connectivity index (χ1) is 6.73. The minimum absolute atomic E-state index is 0.0160. The molecule has 0 amide bonds. The summed E-state index contributed by atoms with van der Waals surface area (Å²) in [6.07, 6.45) is -0.0160. The number of hydrogen-bond donors (Lipinski definition) is 0. The Kier molecular flexibility index (Phi) is 2.48. The Morgan fingerprint density at radius 2 is 2.14 bits per heavy atom. The van der Waals surface area contributed by atoms with E-state index in [1.165, 1.54) is 0 Å². The van der Waals surface area contributed by atoms with Crippen molar-refractivity contribution in [1.29, 1.82) is 0 Å². The van der Waals surface area contributed by atoms with Gasteiger partial charge in [0.2, 0.25) is 6.35 Å². The molecule has 0 aliphatic carbocycles. The summed E-state index contributed by atoms with van der Waals surface area (Å²) >= 11 is 0. The van der Waals surface area contributed by atoms with E-state index in [-0.39, 0.29) is 6.35 Å². The van der Waals surface area contributed by atoms with Crippen LogP contribution in [0.2, 0.25) is 0 Å². The molecule has 1 atom stereocenters. The summed E-state index contributed by atoms with van der Waals surface area (Å²) in [5, 5.41) is 0. The average molecular weight is 214 g/mol. The summed E-state index contributed by atoms with van der Waals surface area (Å²) in [7, 11) is -3.07. The fraction of sp³-hybridized carbons (Fsp3) is 0.333. The number of ether oxygens (including phenoxy) is 1. The van der Waals surface area contributed by atoms with Crippen LogP contribution in [0.15, 0.2) is 24.3 Å². The molecule has 0 N–H and O–H groups in total. The Morgan fingerprint density at radius 1 is 1.43 bits per heavy atom. The van der Waals surface area contributed by atoms with E-state index in [9.17, 15) is 4.57 Å². The molecular formula is C9H11O4P. The molecule has 0 radical (unpaired) electrons. The van der Waals surface area contributed by atoms with Gasteiger partial charge in [0.25, 0.3) is 0 Å². The summed E-state index contributed by atoms with van der Waals surface area (Å²) in [4.78, 5) is 0. The predicted octanol–water partition coefficient (Wildman–Crippen LogP) is 2.64. The number of hydrogen-bond acceptors (Lipinski definition) is 4. The highest BCUT2D eigenvalue weighted by Crippen LogP contribution is 2.53. The van der Waals surface area contributed by atoms with Crippen LogP contribution in [0.1, 0.15) is 6.92 Å². The van der Waals surface area contributed by atoms with Gasteiger partial charge in [0.05, 0.1) is 6.61 Å². The van der Waals surface area contributed by atoms with Crippen LogP contribution in [0.3, 0.4) is 0 Å². The zero-order valence-corrected chi connectivity index (χ0v) is 8.70. The molecule has 76 valence electrons. The van der Waals surface area contributed by atoms with Gasteiger partial charge in [-0.25, -0.2) is 4.57 Å². The van der Waals surface area contributed by atoms with Crippen LogP contribution < -0.4 is 9.26 Å². The van der Waals surface area contributed by atoms with E-state index < -0.39 is 7.60 Å². The van der Waals surface area contributed by atoms with Gasteiger partial charge < -0.3 is 9.26 Å². The van der Waals surface area contributed by atoms with Crippen molar-refractivity contribution in [2.24, 2.45) is 0 Å². The molecule has 1 heterocycles. The second kappa shape index (κ2) is 3.64. The van der Waals surface area contributed by atoms with Gasteiger partial charge in [-0.1, -0.05) is 12.1 Å². The molecular weight excluding hydrogens is 203 g/mol. The first kappa shape index (κ1) is 9.56. The monoisotopic (exact) mass is 214 g/mol. The smallest absolute Gasteiger partial charge is 0.416 e. The van der Waals surface area contributed by atoms with Gasteiger partial charge in [-0.15, -0.1) is 0 Å². The standard InChI is InChI=1S/C9H11O4P/c1-2-12-14(10)7-11-8-5-3-4-6-9(8)13-14/h3-6H,2,7H2,1H3/t14-/m1/s1. The molecule has 5 heteroatoms. The van der Waals surface area contributed by atoms with E-state index in [0.29, 0.717) is 18.1 Å². The third-order valence-electron chi connectivity index (χ3n) is 1.79. The molecule has 0 saturated heterocycles. The first-order valence-electron chi connectivity index (χ1n) is 4.38. The highest BCUT2D eigenvalue weighted by Gasteiger charge is 2.32. The number of para-hydroxylation sites is 2. The minimum Gasteiger partial charge on any atom is -0.476 e. The van der Waals surface area contributed by atoms with Crippen LogP contribution in [0, 0.1) is 0 Å². The number of benzene rings is 1. The topological polar surface area (TPSA) is 44.8 Å². The van der Waals surface area contributed by atoms with Crippen LogP contribution in [-0.2, 0) is 9.09 Å². The summed E-state index contributed by atoms with van der Waals surface area (Å²) in [5.74, 6) is 1.09. The lowest BCUT2D eigenvalue weighted by Crippen LogP contribution is -2.12. The molecule has 0 fully saturated rings. The van der Waals surface area contributed by atoms with Gasteiger partial charge in [0.15, 0.2) is 11.5 Å². The van der Waals surface area contributed by atoms with Crippen molar-refractivity contribution in [2.45, 2.75) is 6.92 Å². The number of rotatable bonds is 2. The van der Waals surface area contributed by atoms with Gasteiger partial charge in [-0.3, -0.25) is 4.52 Å². The Morgan fingerprint density at radius 3 is 2.86 bits per heavy atom. The van der Waals surface area contributed by atoms with E-state index in [1.807, 2.05) is 6.07 Å². The summed E-state index contributed by atoms with van der Waals surface area (Å²) in [6.45, 7) is 2.12. The zero-order valence-electron chi connectivity index (χ0n) is 7.80. The van der Waals surface area contributed by atoms with E-state index in [1.54, 1.807) is 25.1 Å². The van der Waals surface area contributed by atoms with E-state index >= 15 is 0 Å². The molecule has 0 spiro atoms. The lowest BCUT2D eigenvalue weighted by molar-refractivity contribution is 0.224. The zero-order chi connectivity index (χ0) is 10.0. The Labute approximate surface area is 82.3 Å². The highest BCUT2D eigenvalue weighted by molar-refractivity contribution is 7.54. The molecule has 0 unspecified atom stereocenters. The Hall–Kier alpha value is -0.990. The van der Waals surface area contributed by atoms with Gasteiger partial charge in [0, 0.05) is 0 Å². The largest absolute Gasteiger partial charge is 0.476 e. The minimum atomic E-state index is -3.07. The summed E-state index contributed by atoms with van der Waals surface area (Å²) < 4.78 is 27.4. The van der Waals surface area contributed by atoms with Crippen LogP contribution >= 0.6 is 7.60 Å². The fourth-order valence-corrected chi connectivity index (χ4v) is 2.55.